The fraction of sp³-hybridized carbons (Fsp3) is 0.222. The first-order valence-electron chi connectivity index (χ1n) is 3.80. The van der Waals surface area contributed by atoms with Crippen LogP contribution in [0.15, 0.2) is 12.1 Å². The number of ketones is 1. The Kier molecular flexibility index (Phi) is 2.90. The Bertz CT molecular complexity index is 351. The SMILES string of the molecule is CC(O)C(=O)c1c(F)cc(F)cc1F. The molecule has 0 radical (unpaired) electrons. The molecule has 0 spiro atoms. The maximum absolute atomic E-state index is 12.9. The number of aliphatic hydroxyl groups excluding tert-OH is 1. The molecule has 14 heavy (non-hydrogen) atoms. The van der Waals surface area contributed by atoms with Crippen LogP contribution in [0.2, 0.25) is 0 Å². The topological polar surface area (TPSA) is 37.3 Å². The summed E-state index contributed by atoms with van der Waals surface area (Å²) in [5.41, 5.74) is -0.915. The number of benzene rings is 1. The highest BCUT2D eigenvalue weighted by molar-refractivity contribution is 5.99. The van der Waals surface area contributed by atoms with Gasteiger partial charge in [0, 0.05) is 12.1 Å². The van der Waals surface area contributed by atoms with E-state index in [2.05, 4.69) is 0 Å². The van der Waals surface area contributed by atoms with Crippen molar-refractivity contribution < 1.29 is 23.1 Å². The molecule has 1 N–H and O–H groups in total. The van der Waals surface area contributed by atoms with Crippen LogP contribution in [0.1, 0.15) is 17.3 Å². The van der Waals surface area contributed by atoms with Crippen molar-refractivity contribution in [3.63, 3.8) is 0 Å². The van der Waals surface area contributed by atoms with E-state index in [0.29, 0.717) is 12.1 Å². The summed E-state index contributed by atoms with van der Waals surface area (Å²) in [6.07, 6.45) is -1.52. The Morgan fingerprint density at radius 2 is 1.71 bits per heavy atom. The van der Waals surface area contributed by atoms with Gasteiger partial charge in [-0.25, -0.2) is 13.2 Å². The second-order valence-corrected chi connectivity index (χ2v) is 2.78. The minimum absolute atomic E-state index is 0.388. The number of hydrogen-bond acceptors (Lipinski definition) is 2. The molecule has 0 saturated carbocycles. The molecule has 0 heterocycles. The molecule has 76 valence electrons. The molecule has 0 aliphatic carbocycles. The first-order valence-corrected chi connectivity index (χ1v) is 3.80. The van der Waals surface area contributed by atoms with E-state index in [4.69, 9.17) is 5.11 Å². The van der Waals surface area contributed by atoms with Crippen LogP contribution in [-0.4, -0.2) is 17.0 Å². The van der Waals surface area contributed by atoms with Crippen molar-refractivity contribution in [1.82, 2.24) is 0 Å². The fourth-order valence-corrected chi connectivity index (χ4v) is 0.986. The standard InChI is InChI=1S/C9H7F3O2/c1-4(13)9(14)8-6(11)2-5(10)3-7(8)12/h2-4,13H,1H3. The summed E-state index contributed by atoms with van der Waals surface area (Å²) in [5, 5.41) is 8.82. The normalized spacial score (nSPS) is 12.6. The molecule has 1 aromatic rings. The third kappa shape index (κ3) is 1.93. The van der Waals surface area contributed by atoms with Crippen molar-refractivity contribution in [2.45, 2.75) is 13.0 Å². The molecular formula is C9H7F3O2. The number of halogens is 3. The van der Waals surface area contributed by atoms with E-state index in [1.54, 1.807) is 0 Å². The van der Waals surface area contributed by atoms with Crippen LogP contribution in [0.25, 0.3) is 0 Å². The predicted molar refractivity (Wildman–Crippen MR) is 42.3 cm³/mol. The Morgan fingerprint density at radius 3 is 2.07 bits per heavy atom. The Balaban J connectivity index is 3.28. The molecule has 1 atom stereocenters. The average molecular weight is 204 g/mol. The van der Waals surface area contributed by atoms with Gasteiger partial charge in [-0.2, -0.15) is 0 Å². The Hall–Kier alpha value is -1.36. The number of carbonyl (C=O) groups excluding carboxylic acids is 1. The predicted octanol–water partition coefficient (Wildman–Crippen LogP) is 1.67. The zero-order valence-electron chi connectivity index (χ0n) is 7.22. The third-order valence-corrected chi connectivity index (χ3v) is 1.63. The van der Waals surface area contributed by atoms with Gasteiger partial charge in [0.25, 0.3) is 0 Å². The largest absolute Gasteiger partial charge is 0.385 e. The number of Topliss-reactive ketones (excluding diaryl/α,β-unsaturated/α-hetero) is 1. The second-order valence-electron chi connectivity index (χ2n) is 2.78. The number of hydrogen-bond donors (Lipinski definition) is 1. The maximum atomic E-state index is 12.9. The van der Waals surface area contributed by atoms with Gasteiger partial charge in [-0.1, -0.05) is 0 Å². The highest BCUT2D eigenvalue weighted by atomic mass is 19.1. The molecule has 1 unspecified atom stereocenters. The molecule has 0 saturated heterocycles. The lowest BCUT2D eigenvalue weighted by Crippen LogP contribution is -2.19. The summed E-state index contributed by atoms with van der Waals surface area (Å²) in [6.45, 7) is 1.07. The van der Waals surface area contributed by atoms with Gasteiger partial charge >= 0.3 is 0 Å². The summed E-state index contributed by atoms with van der Waals surface area (Å²) in [5.74, 6) is -4.84. The van der Waals surface area contributed by atoms with Crippen molar-refractivity contribution in [3.8, 4) is 0 Å². The summed E-state index contributed by atoms with van der Waals surface area (Å²) in [4.78, 5) is 11.0. The summed E-state index contributed by atoms with van der Waals surface area (Å²) >= 11 is 0. The van der Waals surface area contributed by atoms with Gasteiger partial charge in [0.2, 0.25) is 0 Å². The quantitative estimate of drug-likeness (QED) is 0.744. The molecule has 1 aromatic carbocycles. The molecule has 0 aromatic heterocycles. The Morgan fingerprint density at radius 1 is 1.29 bits per heavy atom. The van der Waals surface area contributed by atoms with Gasteiger partial charge in [0.15, 0.2) is 5.78 Å². The fourth-order valence-electron chi connectivity index (χ4n) is 0.986. The first kappa shape index (κ1) is 10.7. The van der Waals surface area contributed by atoms with Crippen molar-refractivity contribution in [2.75, 3.05) is 0 Å². The van der Waals surface area contributed by atoms with Crippen LogP contribution in [0, 0.1) is 17.5 Å². The third-order valence-electron chi connectivity index (χ3n) is 1.63. The van der Waals surface area contributed by atoms with Crippen LogP contribution in [-0.2, 0) is 0 Å². The van der Waals surface area contributed by atoms with E-state index in [-0.39, 0.29) is 0 Å². The number of carbonyl (C=O) groups is 1. The van der Waals surface area contributed by atoms with Crippen molar-refractivity contribution in [1.29, 1.82) is 0 Å². The molecule has 0 fully saturated rings. The highest BCUT2D eigenvalue weighted by Crippen LogP contribution is 2.16. The zero-order chi connectivity index (χ0) is 10.9. The molecule has 0 bridgehead atoms. The lowest BCUT2D eigenvalue weighted by atomic mass is 10.1. The molecule has 0 aliphatic rings. The van der Waals surface area contributed by atoms with Gasteiger partial charge in [-0.3, -0.25) is 4.79 Å². The van der Waals surface area contributed by atoms with E-state index < -0.39 is 34.9 Å². The van der Waals surface area contributed by atoms with Crippen LogP contribution in [0.4, 0.5) is 13.2 Å². The lowest BCUT2D eigenvalue weighted by molar-refractivity contribution is 0.0770. The van der Waals surface area contributed by atoms with Crippen LogP contribution in [0.5, 0.6) is 0 Å². The van der Waals surface area contributed by atoms with Crippen molar-refractivity contribution in [3.05, 3.63) is 35.1 Å². The van der Waals surface area contributed by atoms with Gasteiger partial charge in [0.1, 0.15) is 23.6 Å². The molecule has 0 aliphatic heterocycles. The van der Waals surface area contributed by atoms with Crippen LogP contribution >= 0.6 is 0 Å². The summed E-state index contributed by atoms with van der Waals surface area (Å²) in [6, 6.07) is 0.775. The second kappa shape index (κ2) is 3.79. The minimum Gasteiger partial charge on any atom is -0.385 e. The first-order chi connectivity index (χ1) is 6.43. The van der Waals surface area contributed by atoms with E-state index in [9.17, 15) is 18.0 Å². The number of aliphatic hydroxyl groups is 1. The molecule has 0 amide bonds. The molecular weight excluding hydrogens is 197 g/mol. The van der Waals surface area contributed by atoms with E-state index >= 15 is 0 Å². The minimum atomic E-state index is -1.52. The van der Waals surface area contributed by atoms with Crippen LogP contribution < -0.4 is 0 Å². The van der Waals surface area contributed by atoms with E-state index in [1.165, 1.54) is 0 Å². The summed E-state index contributed by atoms with van der Waals surface area (Å²) in [7, 11) is 0. The summed E-state index contributed by atoms with van der Waals surface area (Å²) < 4.78 is 38.2. The Labute approximate surface area is 78.0 Å². The van der Waals surface area contributed by atoms with Gasteiger partial charge < -0.3 is 5.11 Å². The maximum Gasteiger partial charge on any atom is 0.196 e. The van der Waals surface area contributed by atoms with Gasteiger partial charge in [-0.05, 0) is 6.92 Å². The lowest BCUT2D eigenvalue weighted by Gasteiger charge is -2.05. The van der Waals surface area contributed by atoms with Gasteiger partial charge in [0.05, 0.1) is 5.56 Å². The van der Waals surface area contributed by atoms with Gasteiger partial charge in [-0.15, -0.1) is 0 Å². The van der Waals surface area contributed by atoms with E-state index in [1.807, 2.05) is 0 Å². The average Bonchev–Trinajstić information content (AvgIpc) is 2.01. The monoisotopic (exact) mass is 204 g/mol. The van der Waals surface area contributed by atoms with Crippen LogP contribution in [0.3, 0.4) is 0 Å². The van der Waals surface area contributed by atoms with E-state index in [0.717, 1.165) is 6.92 Å². The molecule has 1 rings (SSSR count). The van der Waals surface area contributed by atoms with Crippen molar-refractivity contribution >= 4 is 5.78 Å². The molecule has 2 nitrogen and oxygen atoms in total. The zero-order valence-corrected chi connectivity index (χ0v) is 7.22. The smallest absolute Gasteiger partial charge is 0.196 e. The highest BCUT2D eigenvalue weighted by Gasteiger charge is 2.22. The molecule has 5 heteroatoms. The van der Waals surface area contributed by atoms with Crippen molar-refractivity contribution in [2.24, 2.45) is 0 Å². The number of rotatable bonds is 2.